The van der Waals surface area contributed by atoms with Gasteiger partial charge in [0.2, 0.25) is 5.91 Å². The third kappa shape index (κ3) is 4.00. The molecular formula is C21H31N5O2. The smallest absolute Gasteiger partial charge is 0.234 e. The highest BCUT2D eigenvalue weighted by Gasteiger charge is 2.40. The van der Waals surface area contributed by atoms with Crippen molar-refractivity contribution in [2.45, 2.75) is 57.8 Å². The van der Waals surface area contributed by atoms with Gasteiger partial charge < -0.3 is 15.0 Å². The van der Waals surface area contributed by atoms with E-state index in [2.05, 4.69) is 20.1 Å². The molecule has 0 aliphatic carbocycles. The van der Waals surface area contributed by atoms with Gasteiger partial charge in [-0.15, -0.1) is 0 Å². The van der Waals surface area contributed by atoms with Gasteiger partial charge in [0.1, 0.15) is 17.1 Å². The van der Waals surface area contributed by atoms with Crippen LogP contribution in [-0.4, -0.2) is 70.0 Å². The number of carbonyl (C=O) groups is 1. The van der Waals surface area contributed by atoms with E-state index >= 15 is 0 Å². The lowest BCUT2D eigenvalue weighted by Gasteiger charge is -2.40. The monoisotopic (exact) mass is 385 g/mol. The number of aromatic amines is 1. The van der Waals surface area contributed by atoms with Crippen molar-refractivity contribution in [1.82, 2.24) is 25.1 Å². The molecule has 2 aliphatic rings. The minimum Gasteiger partial charge on any atom is -0.494 e. The molecule has 28 heavy (non-hydrogen) atoms. The van der Waals surface area contributed by atoms with E-state index < -0.39 is 0 Å². The second-order valence-corrected chi connectivity index (χ2v) is 9.09. The Morgan fingerprint density at radius 3 is 2.64 bits per heavy atom. The van der Waals surface area contributed by atoms with E-state index in [1.165, 1.54) is 0 Å². The van der Waals surface area contributed by atoms with Gasteiger partial charge in [0, 0.05) is 30.7 Å². The number of hydrogen-bond donors (Lipinski definition) is 2. The fourth-order valence-electron chi connectivity index (χ4n) is 4.60. The number of imidazole rings is 1. The Balaban J connectivity index is 1.40. The minimum absolute atomic E-state index is 0.127. The number of nitrogens with one attached hydrogen (secondary N) is 2. The van der Waals surface area contributed by atoms with E-state index in [-0.39, 0.29) is 11.4 Å². The lowest BCUT2D eigenvalue weighted by Crippen LogP contribution is -2.56. The third-order valence-electron chi connectivity index (χ3n) is 5.67. The number of amides is 1. The molecule has 1 aromatic carbocycles. The highest BCUT2D eigenvalue weighted by Crippen LogP contribution is 2.31. The number of likely N-dealkylation sites (tertiary alicyclic amines) is 1. The van der Waals surface area contributed by atoms with Crippen LogP contribution in [0, 0.1) is 0 Å². The number of aromatic nitrogens is 2. The zero-order valence-corrected chi connectivity index (χ0v) is 17.3. The van der Waals surface area contributed by atoms with Crippen molar-refractivity contribution in [3.8, 4) is 5.75 Å². The lowest BCUT2D eigenvalue weighted by molar-refractivity contribution is -0.125. The van der Waals surface area contributed by atoms with Crippen molar-refractivity contribution in [2.24, 2.45) is 0 Å². The molecular weight excluding hydrogens is 354 g/mol. The number of benzene rings is 1. The molecule has 3 heterocycles. The molecule has 2 aromatic rings. The number of hydrogen-bond acceptors (Lipinski definition) is 5. The molecule has 2 unspecified atom stereocenters. The molecule has 4 rings (SSSR count). The Morgan fingerprint density at radius 1 is 1.29 bits per heavy atom. The van der Waals surface area contributed by atoms with Gasteiger partial charge in [0.05, 0.1) is 25.7 Å². The maximum Gasteiger partial charge on any atom is 0.234 e. The number of methoxy groups -OCH3 is 1. The Hall–Kier alpha value is -2.12. The van der Waals surface area contributed by atoms with Crippen LogP contribution in [0.15, 0.2) is 18.2 Å². The van der Waals surface area contributed by atoms with Gasteiger partial charge in [0.25, 0.3) is 0 Å². The van der Waals surface area contributed by atoms with Crippen LogP contribution < -0.4 is 10.1 Å². The fraction of sp³-hybridized carbons (Fsp3) is 0.619. The highest BCUT2D eigenvalue weighted by molar-refractivity contribution is 5.81. The van der Waals surface area contributed by atoms with Crippen LogP contribution in [0.25, 0.3) is 11.0 Å². The molecule has 152 valence electrons. The van der Waals surface area contributed by atoms with E-state index in [9.17, 15) is 4.79 Å². The van der Waals surface area contributed by atoms with Crippen LogP contribution in [0.2, 0.25) is 0 Å². The van der Waals surface area contributed by atoms with Gasteiger partial charge in [-0.1, -0.05) is 6.07 Å². The molecule has 2 N–H and O–H groups in total. The van der Waals surface area contributed by atoms with Crippen LogP contribution in [0.5, 0.6) is 5.75 Å². The number of H-pyrrole nitrogens is 1. The fourth-order valence-corrected chi connectivity index (χ4v) is 4.60. The molecule has 7 heteroatoms. The average Bonchev–Trinajstić information content (AvgIpc) is 3.10. The highest BCUT2D eigenvalue weighted by atomic mass is 16.5. The average molecular weight is 386 g/mol. The normalized spacial score (nSPS) is 23.3. The summed E-state index contributed by atoms with van der Waals surface area (Å²) in [7, 11) is 1.68. The molecule has 1 aromatic heterocycles. The second kappa shape index (κ2) is 7.37. The van der Waals surface area contributed by atoms with Crippen molar-refractivity contribution in [3.63, 3.8) is 0 Å². The third-order valence-corrected chi connectivity index (χ3v) is 5.67. The lowest BCUT2D eigenvalue weighted by atomic mass is 10.1. The summed E-state index contributed by atoms with van der Waals surface area (Å²) in [4.78, 5) is 25.4. The zero-order chi connectivity index (χ0) is 19.9. The molecule has 0 spiro atoms. The van der Waals surface area contributed by atoms with Crippen LogP contribution in [0.3, 0.4) is 0 Å². The first-order chi connectivity index (χ1) is 13.3. The second-order valence-electron chi connectivity index (χ2n) is 9.09. The molecule has 2 atom stereocenters. The molecule has 1 amide bonds. The first-order valence-corrected chi connectivity index (χ1v) is 10.1. The van der Waals surface area contributed by atoms with Crippen LogP contribution in [-0.2, 0) is 11.3 Å². The van der Waals surface area contributed by atoms with Gasteiger partial charge in [-0.05, 0) is 45.7 Å². The minimum atomic E-state index is -0.180. The maximum absolute atomic E-state index is 12.4. The first-order valence-electron chi connectivity index (χ1n) is 10.1. The Morgan fingerprint density at radius 2 is 2.00 bits per heavy atom. The van der Waals surface area contributed by atoms with E-state index in [0.717, 1.165) is 55.1 Å². The van der Waals surface area contributed by atoms with Gasteiger partial charge in [-0.25, -0.2) is 4.98 Å². The largest absolute Gasteiger partial charge is 0.494 e. The molecule has 7 nitrogen and oxygen atoms in total. The zero-order valence-electron chi connectivity index (χ0n) is 17.3. The number of rotatable bonds is 5. The summed E-state index contributed by atoms with van der Waals surface area (Å²) < 4.78 is 5.42. The SMILES string of the molecule is COc1cccc2[nH]c(CN3CC4CCC(C3)N4CC(=O)NC(C)(C)C)nc12. The molecule has 2 saturated heterocycles. The number of fused-ring (bicyclic) bond motifs is 3. The molecule has 2 fully saturated rings. The summed E-state index contributed by atoms with van der Waals surface area (Å²) in [6.45, 7) is 9.34. The van der Waals surface area contributed by atoms with Gasteiger partial charge in [0.15, 0.2) is 0 Å². The van der Waals surface area contributed by atoms with Gasteiger partial charge >= 0.3 is 0 Å². The van der Waals surface area contributed by atoms with Crippen LogP contribution >= 0.6 is 0 Å². The summed E-state index contributed by atoms with van der Waals surface area (Å²) in [5.41, 5.74) is 1.72. The van der Waals surface area contributed by atoms with Crippen molar-refractivity contribution in [3.05, 3.63) is 24.0 Å². The number of para-hydroxylation sites is 1. The van der Waals surface area contributed by atoms with Crippen molar-refractivity contribution < 1.29 is 9.53 Å². The Labute approximate surface area is 166 Å². The van der Waals surface area contributed by atoms with Crippen molar-refractivity contribution >= 4 is 16.9 Å². The van der Waals surface area contributed by atoms with E-state index in [0.29, 0.717) is 18.6 Å². The Bertz CT molecular complexity index is 842. The number of nitrogens with zero attached hydrogens (tertiary/aromatic N) is 3. The number of carbonyl (C=O) groups excluding carboxylic acids is 1. The summed E-state index contributed by atoms with van der Waals surface area (Å²) in [6, 6.07) is 6.84. The van der Waals surface area contributed by atoms with E-state index in [4.69, 9.17) is 9.72 Å². The standard InChI is InChI=1S/C21H31N5O2/c1-21(2,3)24-19(27)13-26-14-8-9-15(26)11-25(10-14)12-18-22-16-6-5-7-17(28-4)20(16)23-18/h5-7,14-15H,8-13H2,1-4H3,(H,22,23)(H,24,27). The van der Waals surface area contributed by atoms with Crippen molar-refractivity contribution in [2.75, 3.05) is 26.7 Å². The van der Waals surface area contributed by atoms with E-state index in [1.54, 1.807) is 7.11 Å². The maximum atomic E-state index is 12.4. The topological polar surface area (TPSA) is 73.5 Å². The first kappa shape index (κ1) is 19.2. The van der Waals surface area contributed by atoms with Crippen LogP contribution in [0.1, 0.15) is 39.4 Å². The molecule has 0 radical (unpaired) electrons. The summed E-state index contributed by atoms with van der Waals surface area (Å²) in [5.74, 6) is 1.90. The summed E-state index contributed by atoms with van der Waals surface area (Å²) in [6.07, 6.45) is 2.33. The predicted molar refractivity (Wildman–Crippen MR) is 109 cm³/mol. The molecule has 2 aliphatic heterocycles. The van der Waals surface area contributed by atoms with Crippen LogP contribution in [0.4, 0.5) is 0 Å². The molecule has 2 bridgehead atoms. The summed E-state index contributed by atoms with van der Waals surface area (Å²) in [5, 5.41) is 3.09. The Kier molecular flexibility index (Phi) is 5.05. The number of piperazine rings is 1. The van der Waals surface area contributed by atoms with E-state index in [1.807, 2.05) is 39.0 Å². The van der Waals surface area contributed by atoms with Crippen molar-refractivity contribution in [1.29, 1.82) is 0 Å². The predicted octanol–water partition coefficient (Wildman–Crippen LogP) is 2.13. The number of ether oxygens (including phenoxy) is 1. The quantitative estimate of drug-likeness (QED) is 0.825. The summed E-state index contributed by atoms with van der Waals surface area (Å²) >= 11 is 0. The molecule has 0 saturated carbocycles. The van der Waals surface area contributed by atoms with Gasteiger partial charge in [-0.2, -0.15) is 0 Å². The van der Waals surface area contributed by atoms with Gasteiger partial charge in [-0.3, -0.25) is 14.6 Å².